The highest BCUT2D eigenvalue weighted by atomic mass is 32.1. The Morgan fingerprint density at radius 1 is 1.75 bits per heavy atom. The van der Waals surface area contributed by atoms with Crippen molar-refractivity contribution in [3.05, 3.63) is 16.3 Å². The molecule has 0 saturated heterocycles. The van der Waals surface area contributed by atoms with E-state index in [4.69, 9.17) is 5.11 Å². The van der Waals surface area contributed by atoms with E-state index >= 15 is 0 Å². The van der Waals surface area contributed by atoms with Crippen molar-refractivity contribution in [1.29, 1.82) is 0 Å². The molecule has 0 spiro atoms. The third-order valence-corrected chi connectivity index (χ3v) is 2.11. The highest BCUT2D eigenvalue weighted by molar-refractivity contribution is 7.10. The van der Waals surface area contributed by atoms with E-state index in [1.54, 1.807) is 11.4 Å². The van der Waals surface area contributed by atoms with Crippen LogP contribution >= 0.6 is 11.3 Å². The first-order valence-corrected chi connectivity index (χ1v) is 3.98. The van der Waals surface area contributed by atoms with Gasteiger partial charge in [-0.15, -0.1) is 11.3 Å². The van der Waals surface area contributed by atoms with Crippen LogP contribution in [0.5, 0.6) is 0 Å². The topological polar surface area (TPSA) is 66.7 Å². The van der Waals surface area contributed by atoms with Crippen molar-refractivity contribution in [2.45, 2.75) is 6.42 Å². The van der Waals surface area contributed by atoms with E-state index in [1.165, 1.54) is 17.4 Å². The summed E-state index contributed by atoms with van der Waals surface area (Å²) in [6.45, 7) is 0. The monoisotopic (exact) mass is 183 g/mol. The number of rotatable bonds is 3. The van der Waals surface area contributed by atoms with E-state index in [-0.39, 0.29) is 6.42 Å². The number of carboxylic acid groups (broad SMARTS) is 1. The van der Waals surface area contributed by atoms with Crippen LogP contribution in [0.25, 0.3) is 0 Å². The van der Waals surface area contributed by atoms with Crippen LogP contribution in [-0.4, -0.2) is 17.2 Å². The molecule has 1 rings (SSSR count). The van der Waals surface area contributed by atoms with E-state index in [9.17, 15) is 9.59 Å². The summed E-state index contributed by atoms with van der Waals surface area (Å²) >= 11 is 1.26. The Hall–Kier alpha value is -1.45. The molecule has 0 fully saturated rings. The first-order valence-electron chi connectivity index (χ1n) is 3.10. The number of carbonyl (C=O) groups excluding carboxylic acids is 1. The molecule has 0 aliphatic carbocycles. The maximum atomic E-state index is 10.3. The van der Waals surface area contributed by atoms with Gasteiger partial charge >= 0.3 is 5.97 Å². The lowest BCUT2D eigenvalue weighted by Gasteiger charge is -1.90. The molecule has 5 heteroatoms. The van der Waals surface area contributed by atoms with Gasteiger partial charge in [0.25, 0.3) is 0 Å². The Kier molecular flexibility index (Phi) is 2.74. The van der Waals surface area contributed by atoms with Crippen LogP contribution in [0.4, 0.5) is 5.69 Å². The quantitative estimate of drug-likeness (QED) is 0.568. The van der Waals surface area contributed by atoms with Gasteiger partial charge in [0.1, 0.15) is 0 Å². The van der Waals surface area contributed by atoms with Crippen LogP contribution in [0, 0.1) is 0 Å². The van der Waals surface area contributed by atoms with E-state index in [1.807, 2.05) is 0 Å². The lowest BCUT2D eigenvalue weighted by Crippen LogP contribution is -1.97. The lowest BCUT2D eigenvalue weighted by atomic mass is 10.3. The second kappa shape index (κ2) is 3.80. The number of hydrogen-bond acceptors (Lipinski definition) is 4. The normalized spacial score (nSPS) is 9.00. The van der Waals surface area contributed by atoms with Crippen LogP contribution in [0.3, 0.4) is 0 Å². The predicted octanol–water partition coefficient (Wildman–Crippen LogP) is 1.34. The van der Waals surface area contributed by atoms with Crippen molar-refractivity contribution in [1.82, 2.24) is 0 Å². The second-order valence-electron chi connectivity index (χ2n) is 2.00. The molecule has 1 N–H and O–H groups in total. The van der Waals surface area contributed by atoms with Crippen molar-refractivity contribution in [2.24, 2.45) is 4.99 Å². The van der Waals surface area contributed by atoms with Crippen LogP contribution in [0.2, 0.25) is 0 Å². The highest BCUT2D eigenvalue weighted by Crippen LogP contribution is 2.24. The molecule has 0 radical (unpaired) electrons. The number of thiophene rings is 1. The molecule has 0 aromatic carbocycles. The van der Waals surface area contributed by atoms with Gasteiger partial charge in [-0.2, -0.15) is 4.99 Å². The Morgan fingerprint density at radius 3 is 3.08 bits per heavy atom. The average molecular weight is 183 g/mol. The van der Waals surface area contributed by atoms with E-state index < -0.39 is 5.97 Å². The summed E-state index contributed by atoms with van der Waals surface area (Å²) < 4.78 is 0. The highest BCUT2D eigenvalue weighted by Gasteiger charge is 2.06. The van der Waals surface area contributed by atoms with Crippen LogP contribution in [0.1, 0.15) is 4.88 Å². The van der Waals surface area contributed by atoms with Gasteiger partial charge in [0.05, 0.1) is 12.1 Å². The summed E-state index contributed by atoms with van der Waals surface area (Å²) in [6, 6.07) is 1.59. The zero-order chi connectivity index (χ0) is 8.97. The van der Waals surface area contributed by atoms with Crippen molar-refractivity contribution < 1.29 is 14.7 Å². The van der Waals surface area contributed by atoms with Crippen LogP contribution in [0.15, 0.2) is 16.4 Å². The van der Waals surface area contributed by atoms with Gasteiger partial charge in [-0.1, -0.05) is 0 Å². The van der Waals surface area contributed by atoms with Gasteiger partial charge in [0, 0.05) is 4.88 Å². The van der Waals surface area contributed by atoms with Crippen molar-refractivity contribution in [3.8, 4) is 0 Å². The molecular weight excluding hydrogens is 178 g/mol. The number of carbonyl (C=O) groups is 1. The SMILES string of the molecule is O=C=Nc1ccsc1CC(=O)O. The zero-order valence-corrected chi connectivity index (χ0v) is 6.80. The Bertz CT molecular complexity index is 338. The number of carboxylic acids is 1. The Balaban J connectivity index is 2.91. The molecule has 0 amide bonds. The summed E-state index contributed by atoms with van der Waals surface area (Å²) in [5.41, 5.74) is 0.400. The fraction of sp³-hybridized carbons (Fsp3) is 0.143. The number of isocyanates is 1. The lowest BCUT2D eigenvalue weighted by molar-refractivity contribution is -0.136. The van der Waals surface area contributed by atoms with E-state index in [0.29, 0.717) is 10.6 Å². The summed E-state index contributed by atoms with van der Waals surface area (Å²) in [5.74, 6) is -0.931. The second-order valence-corrected chi connectivity index (χ2v) is 3.00. The van der Waals surface area contributed by atoms with Gasteiger partial charge in [-0.3, -0.25) is 4.79 Å². The minimum Gasteiger partial charge on any atom is -0.481 e. The molecule has 1 heterocycles. The minimum atomic E-state index is -0.931. The van der Waals surface area contributed by atoms with E-state index in [0.717, 1.165) is 0 Å². The number of hydrogen-bond donors (Lipinski definition) is 1. The molecular formula is C7H5NO3S. The fourth-order valence-corrected chi connectivity index (χ4v) is 1.55. The summed E-state index contributed by atoms with van der Waals surface area (Å²) in [5, 5.41) is 10.1. The Morgan fingerprint density at radius 2 is 2.50 bits per heavy atom. The van der Waals surface area contributed by atoms with Gasteiger partial charge in [-0.25, -0.2) is 4.79 Å². The van der Waals surface area contributed by atoms with E-state index in [2.05, 4.69) is 4.99 Å². The zero-order valence-electron chi connectivity index (χ0n) is 5.98. The third kappa shape index (κ3) is 2.02. The third-order valence-electron chi connectivity index (χ3n) is 1.20. The standard InChI is InChI=1S/C7H5NO3S/c9-4-8-5-1-2-12-6(5)3-7(10)11/h1-2H,3H2,(H,10,11). The summed E-state index contributed by atoms with van der Waals surface area (Å²) in [4.78, 5) is 24.1. The molecule has 0 saturated carbocycles. The summed E-state index contributed by atoms with van der Waals surface area (Å²) in [6.07, 6.45) is 1.27. The molecule has 0 aliphatic rings. The fourth-order valence-electron chi connectivity index (χ4n) is 0.752. The smallest absolute Gasteiger partial charge is 0.308 e. The van der Waals surface area contributed by atoms with Crippen LogP contribution in [-0.2, 0) is 16.0 Å². The number of nitrogens with zero attached hydrogens (tertiary/aromatic N) is 1. The maximum Gasteiger partial charge on any atom is 0.308 e. The molecule has 0 bridgehead atoms. The molecule has 4 nitrogen and oxygen atoms in total. The van der Waals surface area contributed by atoms with Crippen molar-refractivity contribution in [2.75, 3.05) is 0 Å². The molecule has 0 unspecified atom stereocenters. The average Bonchev–Trinajstić information content (AvgIpc) is 2.37. The first-order chi connectivity index (χ1) is 5.74. The number of aliphatic imine (C=N–C) groups is 1. The maximum absolute atomic E-state index is 10.3. The predicted molar refractivity (Wildman–Crippen MR) is 43.4 cm³/mol. The largest absolute Gasteiger partial charge is 0.481 e. The minimum absolute atomic E-state index is 0.0990. The number of aliphatic carboxylic acids is 1. The van der Waals surface area contributed by atoms with Crippen LogP contribution < -0.4 is 0 Å². The molecule has 1 aromatic heterocycles. The first kappa shape index (κ1) is 8.64. The van der Waals surface area contributed by atoms with Crippen molar-refractivity contribution in [3.63, 3.8) is 0 Å². The summed E-state index contributed by atoms with van der Waals surface area (Å²) in [7, 11) is 0. The molecule has 0 aliphatic heterocycles. The molecule has 62 valence electrons. The van der Waals surface area contributed by atoms with Crippen molar-refractivity contribution >= 4 is 29.1 Å². The molecule has 1 aromatic rings. The van der Waals surface area contributed by atoms with Gasteiger partial charge in [0.15, 0.2) is 0 Å². The van der Waals surface area contributed by atoms with Gasteiger partial charge < -0.3 is 5.11 Å². The molecule has 0 atom stereocenters. The van der Waals surface area contributed by atoms with Gasteiger partial charge in [0.2, 0.25) is 6.08 Å². The Labute approximate surface area is 72.2 Å². The molecule has 12 heavy (non-hydrogen) atoms. The van der Waals surface area contributed by atoms with Gasteiger partial charge in [-0.05, 0) is 11.4 Å².